The second-order valence-electron chi connectivity index (χ2n) is 7.22. The predicted molar refractivity (Wildman–Crippen MR) is 93.6 cm³/mol. The second-order valence-corrected chi connectivity index (χ2v) is 7.22. The second kappa shape index (κ2) is 7.02. The van der Waals surface area contributed by atoms with Gasteiger partial charge in [-0.05, 0) is 39.2 Å². The average molecular weight is 318 g/mol. The molecule has 23 heavy (non-hydrogen) atoms. The van der Waals surface area contributed by atoms with Gasteiger partial charge in [0.1, 0.15) is 6.10 Å². The molecule has 1 unspecified atom stereocenters. The van der Waals surface area contributed by atoms with Gasteiger partial charge >= 0.3 is 0 Å². The van der Waals surface area contributed by atoms with E-state index in [0.29, 0.717) is 6.42 Å². The van der Waals surface area contributed by atoms with Crippen LogP contribution >= 0.6 is 0 Å². The Morgan fingerprint density at radius 1 is 1.17 bits per heavy atom. The van der Waals surface area contributed by atoms with E-state index in [1.165, 1.54) is 5.56 Å². The van der Waals surface area contributed by atoms with E-state index in [4.69, 9.17) is 4.84 Å². The lowest BCUT2D eigenvalue weighted by Gasteiger charge is -2.54. The molecule has 0 aromatic heterocycles. The fourth-order valence-corrected chi connectivity index (χ4v) is 3.78. The lowest BCUT2D eigenvalue weighted by Crippen LogP contribution is -2.63. The first-order valence-electron chi connectivity index (χ1n) is 8.60. The molecule has 1 aliphatic rings. The van der Waals surface area contributed by atoms with E-state index in [0.717, 1.165) is 25.0 Å². The molecule has 1 aromatic carbocycles. The highest BCUT2D eigenvalue weighted by molar-refractivity contribution is 5.87. The van der Waals surface area contributed by atoms with Gasteiger partial charge in [0.15, 0.2) is 0 Å². The summed E-state index contributed by atoms with van der Waals surface area (Å²) in [7, 11) is 0. The lowest BCUT2D eigenvalue weighted by atomic mass is 9.76. The van der Waals surface area contributed by atoms with Gasteiger partial charge < -0.3 is 5.21 Å². The Hall–Kier alpha value is -1.39. The van der Waals surface area contributed by atoms with Crippen molar-refractivity contribution in [2.75, 3.05) is 0 Å². The summed E-state index contributed by atoms with van der Waals surface area (Å²) in [5, 5.41) is 15.0. The van der Waals surface area contributed by atoms with Crippen molar-refractivity contribution in [3.63, 3.8) is 0 Å². The zero-order chi connectivity index (χ0) is 17.1. The Labute approximate surface area is 140 Å². The first kappa shape index (κ1) is 18.0. The molecule has 0 saturated carbocycles. The van der Waals surface area contributed by atoms with E-state index in [2.05, 4.69) is 57.0 Å². The van der Waals surface area contributed by atoms with E-state index in [1.807, 2.05) is 18.2 Å². The van der Waals surface area contributed by atoms with Crippen LogP contribution in [0.5, 0.6) is 0 Å². The van der Waals surface area contributed by atoms with Gasteiger partial charge in [0.25, 0.3) is 0 Å². The van der Waals surface area contributed by atoms with Crippen LogP contribution in [0.15, 0.2) is 35.5 Å². The summed E-state index contributed by atoms with van der Waals surface area (Å²) < 4.78 is 0. The molecule has 4 heteroatoms. The van der Waals surface area contributed by atoms with Gasteiger partial charge in [0.05, 0.1) is 11.3 Å². The third-order valence-electron chi connectivity index (χ3n) is 5.14. The molecule has 2 rings (SSSR count). The third-order valence-corrected chi connectivity index (χ3v) is 5.14. The van der Waals surface area contributed by atoms with Crippen LogP contribution in [0.2, 0.25) is 0 Å². The number of hydroxylamine groups is 2. The van der Waals surface area contributed by atoms with E-state index in [9.17, 15) is 5.21 Å². The summed E-state index contributed by atoms with van der Waals surface area (Å²) in [6.07, 6.45) is 3.36. The highest BCUT2D eigenvalue weighted by Gasteiger charge is 2.49. The standard InChI is InChI=1S/C19H30N2O2/c1-6-19(7-2)14-17(20-22)13-18(4,5)21(19)23-15(3)16-11-9-8-10-12-16/h8-12,15,22H,6-7,13-14H2,1-5H3/b20-17+. The summed E-state index contributed by atoms with van der Waals surface area (Å²) in [4.78, 5) is 6.48. The molecule has 1 fully saturated rings. The molecule has 128 valence electrons. The van der Waals surface area contributed by atoms with E-state index < -0.39 is 0 Å². The highest BCUT2D eigenvalue weighted by atomic mass is 16.7. The number of benzene rings is 1. The van der Waals surface area contributed by atoms with Gasteiger partial charge in [0, 0.05) is 18.4 Å². The van der Waals surface area contributed by atoms with Crippen molar-refractivity contribution in [1.29, 1.82) is 0 Å². The highest BCUT2D eigenvalue weighted by Crippen LogP contribution is 2.43. The molecular formula is C19H30N2O2. The Balaban J connectivity index is 2.32. The maximum Gasteiger partial charge on any atom is 0.102 e. The van der Waals surface area contributed by atoms with Crippen molar-refractivity contribution in [3.05, 3.63) is 35.9 Å². The van der Waals surface area contributed by atoms with Crippen LogP contribution in [0.4, 0.5) is 0 Å². The van der Waals surface area contributed by atoms with Crippen LogP contribution < -0.4 is 0 Å². The number of oxime groups is 1. The maximum absolute atomic E-state index is 9.32. The van der Waals surface area contributed by atoms with Crippen molar-refractivity contribution in [2.24, 2.45) is 5.16 Å². The van der Waals surface area contributed by atoms with Crippen molar-refractivity contribution in [2.45, 2.75) is 77.5 Å². The van der Waals surface area contributed by atoms with Gasteiger partial charge in [-0.25, -0.2) is 0 Å². The molecule has 0 bridgehead atoms. The molecule has 1 atom stereocenters. The molecule has 4 nitrogen and oxygen atoms in total. The first-order valence-corrected chi connectivity index (χ1v) is 8.60. The zero-order valence-electron chi connectivity index (χ0n) is 15.0. The topological polar surface area (TPSA) is 45.1 Å². The first-order chi connectivity index (χ1) is 10.9. The van der Waals surface area contributed by atoms with E-state index in [-0.39, 0.29) is 17.2 Å². The minimum Gasteiger partial charge on any atom is -0.411 e. The summed E-state index contributed by atoms with van der Waals surface area (Å²) >= 11 is 0. The van der Waals surface area contributed by atoms with Crippen molar-refractivity contribution in [1.82, 2.24) is 5.06 Å². The Kier molecular flexibility index (Phi) is 5.48. The van der Waals surface area contributed by atoms with E-state index in [1.54, 1.807) is 0 Å². The number of nitrogens with zero attached hydrogens (tertiary/aromatic N) is 2. The normalized spacial score (nSPS) is 23.8. The number of hydrogen-bond acceptors (Lipinski definition) is 4. The quantitative estimate of drug-likeness (QED) is 0.617. The fourth-order valence-electron chi connectivity index (χ4n) is 3.78. The molecule has 1 N–H and O–H groups in total. The van der Waals surface area contributed by atoms with Gasteiger partial charge in [-0.15, -0.1) is 0 Å². The minimum absolute atomic E-state index is 0.0134. The Morgan fingerprint density at radius 2 is 1.78 bits per heavy atom. The smallest absolute Gasteiger partial charge is 0.102 e. The minimum atomic E-state index is -0.213. The van der Waals surface area contributed by atoms with Gasteiger partial charge in [0.2, 0.25) is 0 Å². The Bertz CT molecular complexity index is 536. The monoisotopic (exact) mass is 318 g/mol. The molecule has 1 saturated heterocycles. The summed E-state index contributed by atoms with van der Waals surface area (Å²) in [6.45, 7) is 10.8. The van der Waals surface area contributed by atoms with Gasteiger partial charge in [-0.3, -0.25) is 4.84 Å². The van der Waals surface area contributed by atoms with Crippen LogP contribution in [0.25, 0.3) is 0 Å². The predicted octanol–water partition coefficient (Wildman–Crippen LogP) is 4.94. The van der Waals surface area contributed by atoms with E-state index >= 15 is 0 Å². The van der Waals surface area contributed by atoms with Gasteiger partial charge in [-0.2, -0.15) is 5.06 Å². The molecule has 1 aliphatic heterocycles. The summed E-state index contributed by atoms with van der Waals surface area (Å²) in [5.74, 6) is 0. The van der Waals surface area contributed by atoms with Crippen LogP contribution in [-0.2, 0) is 4.84 Å². The molecule has 0 spiro atoms. The van der Waals surface area contributed by atoms with Crippen LogP contribution in [0.1, 0.15) is 72.0 Å². The van der Waals surface area contributed by atoms with Crippen LogP contribution in [0.3, 0.4) is 0 Å². The van der Waals surface area contributed by atoms with Crippen LogP contribution in [-0.4, -0.2) is 27.1 Å². The van der Waals surface area contributed by atoms with Crippen molar-refractivity contribution < 1.29 is 10.0 Å². The number of hydrogen-bond donors (Lipinski definition) is 1. The number of piperidine rings is 1. The van der Waals surface area contributed by atoms with Crippen molar-refractivity contribution >= 4 is 5.71 Å². The molecule has 1 aromatic rings. The molecular weight excluding hydrogens is 288 g/mol. The lowest BCUT2D eigenvalue weighted by molar-refractivity contribution is -0.302. The molecule has 0 radical (unpaired) electrons. The third kappa shape index (κ3) is 3.59. The zero-order valence-corrected chi connectivity index (χ0v) is 15.0. The molecule has 0 amide bonds. The SMILES string of the molecule is CCC1(CC)C/C(=N/O)CC(C)(C)N1OC(C)c1ccccc1. The molecule has 0 aliphatic carbocycles. The fraction of sp³-hybridized carbons (Fsp3) is 0.632. The number of rotatable bonds is 5. The summed E-state index contributed by atoms with van der Waals surface area (Å²) in [5.41, 5.74) is 1.69. The summed E-state index contributed by atoms with van der Waals surface area (Å²) in [6, 6.07) is 10.3. The van der Waals surface area contributed by atoms with Gasteiger partial charge in [-0.1, -0.05) is 49.3 Å². The largest absolute Gasteiger partial charge is 0.411 e. The van der Waals surface area contributed by atoms with Crippen molar-refractivity contribution in [3.8, 4) is 0 Å². The van der Waals surface area contributed by atoms with Crippen LogP contribution in [0, 0.1) is 0 Å². The maximum atomic E-state index is 9.32. The Morgan fingerprint density at radius 3 is 2.30 bits per heavy atom. The average Bonchev–Trinajstić information content (AvgIpc) is 2.57. The molecule has 1 heterocycles.